The molecule has 1 rings (SSSR count). The van der Waals surface area contributed by atoms with E-state index in [1.54, 1.807) is 7.05 Å². The summed E-state index contributed by atoms with van der Waals surface area (Å²) in [6.45, 7) is 7.38. The maximum atomic E-state index is 11.0. The number of hydrogen-bond donors (Lipinski definition) is 2. The quantitative estimate of drug-likeness (QED) is 0.283. The highest BCUT2D eigenvalue weighted by atomic mass is 32.2. The van der Waals surface area contributed by atoms with Crippen LogP contribution in [0.4, 0.5) is 0 Å². The lowest BCUT2D eigenvalue weighted by molar-refractivity contribution is 0.110. The Morgan fingerprint density at radius 3 is 2.57 bits per heavy atom. The number of hydrogen-bond acceptors (Lipinski definition) is 6. The molecule has 9 heteroatoms. The van der Waals surface area contributed by atoms with Gasteiger partial charge in [0.05, 0.1) is 25.6 Å². The van der Waals surface area contributed by atoms with Gasteiger partial charge in [-0.15, -0.1) is 0 Å². The maximum absolute atomic E-state index is 11.0. The van der Waals surface area contributed by atoms with E-state index in [9.17, 15) is 8.42 Å². The van der Waals surface area contributed by atoms with E-state index in [-0.39, 0.29) is 12.4 Å². The highest BCUT2D eigenvalue weighted by Crippen LogP contribution is 2.20. The van der Waals surface area contributed by atoms with E-state index in [1.807, 2.05) is 32.0 Å². The molecule has 28 heavy (non-hydrogen) atoms. The van der Waals surface area contributed by atoms with Gasteiger partial charge in [-0.2, -0.15) is 0 Å². The van der Waals surface area contributed by atoms with E-state index < -0.39 is 9.84 Å². The Bertz CT molecular complexity index is 708. The van der Waals surface area contributed by atoms with Crippen LogP contribution in [0.2, 0.25) is 0 Å². The van der Waals surface area contributed by atoms with E-state index in [2.05, 4.69) is 15.6 Å². The van der Waals surface area contributed by atoms with E-state index >= 15 is 0 Å². The van der Waals surface area contributed by atoms with Gasteiger partial charge in [-0.1, -0.05) is 12.1 Å². The number of benzene rings is 1. The van der Waals surface area contributed by atoms with Crippen LogP contribution in [0, 0.1) is 6.92 Å². The largest absolute Gasteiger partial charge is 0.491 e. The van der Waals surface area contributed by atoms with Gasteiger partial charge >= 0.3 is 0 Å². The van der Waals surface area contributed by atoms with Crippen LogP contribution < -0.4 is 15.4 Å². The third-order valence-electron chi connectivity index (χ3n) is 3.72. The molecule has 0 amide bonds. The molecule has 8 nitrogen and oxygen atoms in total. The van der Waals surface area contributed by atoms with Gasteiger partial charge in [0.2, 0.25) is 0 Å². The lowest BCUT2D eigenvalue weighted by Crippen LogP contribution is -2.38. The predicted octanol–water partition coefficient (Wildman–Crippen LogP) is 1.14. The molecule has 0 aliphatic heterocycles. The van der Waals surface area contributed by atoms with Gasteiger partial charge in [0.25, 0.3) is 0 Å². The highest BCUT2D eigenvalue weighted by Gasteiger charge is 2.06. The fraction of sp³-hybridized carbons (Fsp3) is 0.632. The molecule has 1 aromatic carbocycles. The Morgan fingerprint density at radius 1 is 1.11 bits per heavy atom. The summed E-state index contributed by atoms with van der Waals surface area (Å²) in [6, 6.07) is 6.08. The second-order valence-corrected chi connectivity index (χ2v) is 8.51. The molecular weight excluding hydrogens is 382 g/mol. The number of ether oxygens (including phenoxy) is 3. The van der Waals surface area contributed by atoms with Crippen LogP contribution in [0.5, 0.6) is 5.75 Å². The van der Waals surface area contributed by atoms with Gasteiger partial charge in [0.15, 0.2) is 5.96 Å². The SMILES string of the molecule is CCOCCOc1cc(C)ccc1CNC(=NC)NCCOCCS(C)(=O)=O. The van der Waals surface area contributed by atoms with Crippen LogP contribution in [0.3, 0.4) is 0 Å². The van der Waals surface area contributed by atoms with Crippen molar-refractivity contribution in [3.05, 3.63) is 29.3 Å². The summed E-state index contributed by atoms with van der Waals surface area (Å²) < 4.78 is 38.6. The van der Waals surface area contributed by atoms with Crippen LogP contribution in [0.15, 0.2) is 23.2 Å². The summed E-state index contributed by atoms with van der Waals surface area (Å²) in [5, 5.41) is 6.37. The molecule has 0 spiro atoms. The van der Waals surface area contributed by atoms with Crippen molar-refractivity contribution in [2.45, 2.75) is 20.4 Å². The van der Waals surface area contributed by atoms with E-state index in [1.165, 1.54) is 6.26 Å². The average molecular weight is 416 g/mol. The topological polar surface area (TPSA) is 98.2 Å². The summed E-state index contributed by atoms with van der Waals surface area (Å²) >= 11 is 0. The van der Waals surface area contributed by atoms with Crippen molar-refractivity contribution in [1.82, 2.24) is 10.6 Å². The summed E-state index contributed by atoms with van der Waals surface area (Å²) in [5.41, 5.74) is 2.15. The van der Waals surface area contributed by atoms with Gasteiger partial charge in [-0.3, -0.25) is 4.99 Å². The lowest BCUT2D eigenvalue weighted by Gasteiger charge is -2.15. The molecule has 0 aliphatic rings. The fourth-order valence-corrected chi connectivity index (χ4v) is 2.67. The Balaban J connectivity index is 2.41. The molecule has 0 radical (unpaired) electrons. The molecule has 0 bridgehead atoms. The van der Waals surface area contributed by atoms with E-state index in [4.69, 9.17) is 14.2 Å². The monoisotopic (exact) mass is 415 g/mol. The Kier molecular flexibility index (Phi) is 11.5. The molecule has 0 unspecified atom stereocenters. The van der Waals surface area contributed by atoms with E-state index in [0.717, 1.165) is 16.9 Å². The molecule has 2 N–H and O–H groups in total. The standard InChI is InChI=1S/C19H33N3O5S/c1-5-25-10-11-27-18-14-16(2)6-7-17(18)15-22-19(20-3)21-8-9-26-12-13-28(4,23)24/h6-7,14H,5,8-13,15H2,1-4H3,(H2,20,21,22). The molecule has 0 saturated heterocycles. The zero-order valence-corrected chi connectivity index (χ0v) is 18.1. The van der Waals surface area contributed by atoms with Crippen LogP contribution in [0.1, 0.15) is 18.1 Å². The summed E-state index contributed by atoms with van der Waals surface area (Å²) in [6.07, 6.45) is 1.19. The number of guanidine groups is 1. The van der Waals surface area contributed by atoms with Gasteiger partial charge in [0.1, 0.15) is 22.2 Å². The average Bonchev–Trinajstić information content (AvgIpc) is 2.64. The van der Waals surface area contributed by atoms with Crippen molar-refractivity contribution in [1.29, 1.82) is 0 Å². The summed E-state index contributed by atoms with van der Waals surface area (Å²) in [7, 11) is -1.30. The molecule has 0 saturated carbocycles. The number of nitrogens with zero attached hydrogens (tertiary/aromatic N) is 1. The molecule has 0 heterocycles. The maximum Gasteiger partial charge on any atom is 0.191 e. The predicted molar refractivity (Wildman–Crippen MR) is 112 cm³/mol. The minimum Gasteiger partial charge on any atom is -0.491 e. The van der Waals surface area contributed by atoms with Crippen molar-refractivity contribution >= 4 is 15.8 Å². The third kappa shape index (κ3) is 11.1. The van der Waals surface area contributed by atoms with Crippen LogP contribution in [-0.2, 0) is 25.9 Å². The molecular formula is C19H33N3O5S. The summed E-state index contributed by atoms with van der Waals surface area (Å²) in [4.78, 5) is 4.18. The van der Waals surface area contributed by atoms with Gasteiger partial charge in [-0.05, 0) is 25.5 Å². The Hall–Kier alpha value is -1.84. The number of aryl methyl sites for hydroxylation is 1. The first-order valence-corrected chi connectivity index (χ1v) is 11.4. The van der Waals surface area contributed by atoms with Gasteiger partial charge in [-0.25, -0.2) is 8.42 Å². The lowest BCUT2D eigenvalue weighted by atomic mass is 10.1. The van der Waals surface area contributed by atoms with Crippen LogP contribution in [0.25, 0.3) is 0 Å². The van der Waals surface area contributed by atoms with Gasteiger partial charge < -0.3 is 24.8 Å². The van der Waals surface area contributed by atoms with Gasteiger partial charge in [0, 0.05) is 38.6 Å². The Labute approximate surface area is 168 Å². The number of nitrogens with one attached hydrogen (secondary N) is 2. The third-order valence-corrected chi connectivity index (χ3v) is 4.63. The fourth-order valence-electron chi connectivity index (χ4n) is 2.25. The first-order valence-electron chi connectivity index (χ1n) is 9.35. The first kappa shape index (κ1) is 24.2. The van der Waals surface area contributed by atoms with Crippen molar-refractivity contribution < 1.29 is 22.6 Å². The van der Waals surface area contributed by atoms with Crippen LogP contribution in [-0.4, -0.2) is 73.0 Å². The number of rotatable bonds is 13. The Morgan fingerprint density at radius 2 is 1.89 bits per heavy atom. The second kappa shape index (κ2) is 13.4. The zero-order valence-electron chi connectivity index (χ0n) is 17.3. The number of aliphatic imine (C=N–C) groups is 1. The summed E-state index contributed by atoms with van der Waals surface area (Å²) in [5.74, 6) is 1.48. The normalized spacial score (nSPS) is 12.1. The molecule has 1 aromatic rings. The van der Waals surface area contributed by atoms with Crippen molar-refractivity contribution in [2.24, 2.45) is 4.99 Å². The van der Waals surface area contributed by atoms with Crippen molar-refractivity contribution in [2.75, 3.05) is 58.6 Å². The molecule has 0 aromatic heterocycles. The van der Waals surface area contributed by atoms with Crippen molar-refractivity contribution in [3.8, 4) is 5.75 Å². The zero-order chi connectivity index (χ0) is 20.8. The molecule has 160 valence electrons. The molecule has 0 fully saturated rings. The highest BCUT2D eigenvalue weighted by molar-refractivity contribution is 7.90. The second-order valence-electron chi connectivity index (χ2n) is 6.25. The minimum absolute atomic E-state index is 0.0273. The van der Waals surface area contributed by atoms with Crippen molar-refractivity contribution in [3.63, 3.8) is 0 Å². The first-order chi connectivity index (χ1) is 13.4. The smallest absolute Gasteiger partial charge is 0.191 e. The molecule has 0 atom stereocenters. The number of sulfone groups is 1. The van der Waals surface area contributed by atoms with E-state index in [0.29, 0.717) is 45.5 Å². The molecule has 0 aliphatic carbocycles. The van der Waals surface area contributed by atoms with Crippen LogP contribution >= 0.6 is 0 Å². The minimum atomic E-state index is -2.99.